The molecule has 0 aliphatic carbocycles. The van der Waals surface area contributed by atoms with Crippen LogP contribution in [-0.2, 0) is 0 Å². The van der Waals surface area contributed by atoms with Gasteiger partial charge < -0.3 is 25.2 Å². The number of carbonyl (C=O) groups is 1. The summed E-state index contributed by atoms with van der Waals surface area (Å²) in [7, 11) is 1.60. The zero-order chi connectivity index (χ0) is 23.4. The number of carbonyl (C=O) groups excluding carboxylic acids is 1. The summed E-state index contributed by atoms with van der Waals surface area (Å²) in [5, 5.41) is 6.34. The summed E-state index contributed by atoms with van der Waals surface area (Å²) in [4.78, 5) is 26.0. The van der Waals surface area contributed by atoms with E-state index >= 15 is 0 Å². The number of aryl methyl sites for hydroxylation is 3. The van der Waals surface area contributed by atoms with Crippen LogP contribution >= 0.6 is 0 Å². The van der Waals surface area contributed by atoms with E-state index in [0.717, 1.165) is 22.9 Å². The van der Waals surface area contributed by atoms with Crippen LogP contribution in [0.4, 0.5) is 27.8 Å². The van der Waals surface area contributed by atoms with Gasteiger partial charge in [0.1, 0.15) is 23.2 Å². The molecule has 1 aliphatic heterocycles. The summed E-state index contributed by atoms with van der Waals surface area (Å²) in [5.41, 5.74) is 3.94. The van der Waals surface area contributed by atoms with E-state index in [4.69, 9.17) is 4.74 Å². The highest BCUT2D eigenvalue weighted by Crippen LogP contribution is 2.26. The third-order valence-electron chi connectivity index (χ3n) is 5.64. The van der Waals surface area contributed by atoms with Gasteiger partial charge in [0.25, 0.3) is 0 Å². The smallest absolute Gasteiger partial charge is 0.322 e. The van der Waals surface area contributed by atoms with Crippen molar-refractivity contribution in [2.75, 3.05) is 48.8 Å². The maximum atomic E-state index is 12.8. The van der Waals surface area contributed by atoms with E-state index in [1.54, 1.807) is 7.11 Å². The molecule has 2 heterocycles. The van der Waals surface area contributed by atoms with Crippen LogP contribution in [0.2, 0.25) is 0 Å². The van der Waals surface area contributed by atoms with Crippen molar-refractivity contribution in [1.29, 1.82) is 0 Å². The van der Waals surface area contributed by atoms with E-state index in [0.29, 0.717) is 43.4 Å². The fourth-order valence-electron chi connectivity index (χ4n) is 3.82. The molecule has 33 heavy (non-hydrogen) atoms. The van der Waals surface area contributed by atoms with Crippen LogP contribution in [0.5, 0.6) is 5.75 Å². The van der Waals surface area contributed by atoms with E-state index in [9.17, 15) is 4.79 Å². The molecule has 0 atom stereocenters. The zero-order valence-corrected chi connectivity index (χ0v) is 19.6. The Hall–Kier alpha value is -3.81. The van der Waals surface area contributed by atoms with E-state index in [-0.39, 0.29) is 6.03 Å². The van der Waals surface area contributed by atoms with Crippen LogP contribution in [0.1, 0.15) is 17.0 Å². The molecule has 0 saturated carbocycles. The Bertz CT molecular complexity index is 1120. The van der Waals surface area contributed by atoms with Gasteiger partial charge in [-0.15, -0.1) is 0 Å². The molecule has 8 nitrogen and oxygen atoms in total. The Morgan fingerprint density at radius 1 is 0.909 bits per heavy atom. The zero-order valence-electron chi connectivity index (χ0n) is 19.6. The van der Waals surface area contributed by atoms with Gasteiger partial charge in [-0.05, 0) is 50.6 Å². The van der Waals surface area contributed by atoms with Gasteiger partial charge in [0, 0.05) is 37.9 Å². The second-order valence-corrected chi connectivity index (χ2v) is 8.26. The normalized spacial score (nSPS) is 13.6. The number of nitrogens with one attached hydrogen (secondary N) is 2. The van der Waals surface area contributed by atoms with E-state index in [1.807, 2.05) is 55.1 Å². The number of methoxy groups -OCH3 is 1. The summed E-state index contributed by atoms with van der Waals surface area (Å²) in [6.45, 7) is 8.53. The number of benzene rings is 2. The van der Waals surface area contributed by atoms with Crippen molar-refractivity contribution in [2.45, 2.75) is 20.8 Å². The number of nitrogens with zero attached hydrogens (tertiary/aromatic N) is 4. The lowest BCUT2D eigenvalue weighted by Gasteiger charge is -2.35. The van der Waals surface area contributed by atoms with Crippen LogP contribution in [0.15, 0.2) is 48.5 Å². The number of aromatic nitrogens is 2. The van der Waals surface area contributed by atoms with Crippen molar-refractivity contribution in [2.24, 2.45) is 0 Å². The molecule has 4 rings (SSSR count). The van der Waals surface area contributed by atoms with Crippen molar-refractivity contribution in [1.82, 2.24) is 14.9 Å². The van der Waals surface area contributed by atoms with Crippen molar-refractivity contribution >= 4 is 29.0 Å². The number of amides is 2. The van der Waals surface area contributed by atoms with Gasteiger partial charge in [0.2, 0.25) is 0 Å². The lowest BCUT2D eigenvalue weighted by molar-refractivity contribution is 0.208. The maximum absolute atomic E-state index is 12.8. The Labute approximate surface area is 194 Å². The van der Waals surface area contributed by atoms with Crippen molar-refractivity contribution in [3.63, 3.8) is 0 Å². The topological polar surface area (TPSA) is 82.6 Å². The largest absolute Gasteiger partial charge is 0.495 e. The third-order valence-corrected chi connectivity index (χ3v) is 5.64. The van der Waals surface area contributed by atoms with Gasteiger partial charge in [-0.1, -0.05) is 23.8 Å². The van der Waals surface area contributed by atoms with Crippen LogP contribution in [-0.4, -0.2) is 54.2 Å². The minimum Gasteiger partial charge on any atom is -0.495 e. The van der Waals surface area contributed by atoms with Gasteiger partial charge in [0.15, 0.2) is 0 Å². The number of anilines is 4. The van der Waals surface area contributed by atoms with Crippen molar-refractivity contribution in [3.05, 3.63) is 65.5 Å². The SMILES string of the molecule is COc1ccc(C)cc1NC(=O)N1CCN(c2cc(Nc3ccc(C)cc3)nc(C)n2)CC1. The van der Waals surface area contributed by atoms with Gasteiger partial charge >= 0.3 is 6.03 Å². The molecule has 2 amide bonds. The highest BCUT2D eigenvalue weighted by atomic mass is 16.5. The van der Waals surface area contributed by atoms with Gasteiger partial charge in [-0.3, -0.25) is 0 Å². The predicted molar refractivity (Wildman–Crippen MR) is 132 cm³/mol. The molecular weight excluding hydrogens is 416 g/mol. The average molecular weight is 447 g/mol. The molecule has 0 radical (unpaired) electrons. The molecule has 1 aromatic heterocycles. The molecule has 8 heteroatoms. The summed E-state index contributed by atoms with van der Waals surface area (Å²) < 4.78 is 5.37. The third kappa shape index (κ3) is 5.52. The molecule has 1 fully saturated rings. The average Bonchev–Trinajstić information content (AvgIpc) is 2.80. The molecule has 3 aromatic rings. The Morgan fingerprint density at radius 3 is 2.30 bits per heavy atom. The molecule has 1 saturated heterocycles. The van der Waals surface area contributed by atoms with E-state index < -0.39 is 0 Å². The Balaban J connectivity index is 1.39. The standard InChI is InChI=1S/C25H30N6O2/c1-17-5-8-20(9-6-17)28-23-16-24(27-19(3)26-23)30-11-13-31(14-12-30)25(32)29-21-15-18(2)7-10-22(21)33-4/h5-10,15-16H,11-14H2,1-4H3,(H,29,32)(H,26,27,28). The first-order chi connectivity index (χ1) is 15.9. The number of hydrogen-bond acceptors (Lipinski definition) is 6. The molecule has 172 valence electrons. The second kappa shape index (κ2) is 9.77. The first kappa shape index (κ1) is 22.4. The lowest BCUT2D eigenvalue weighted by atomic mass is 10.2. The quantitative estimate of drug-likeness (QED) is 0.600. The summed E-state index contributed by atoms with van der Waals surface area (Å²) in [5.74, 6) is 2.97. The monoisotopic (exact) mass is 446 g/mol. The second-order valence-electron chi connectivity index (χ2n) is 8.26. The van der Waals surface area contributed by atoms with Crippen molar-refractivity contribution in [3.8, 4) is 5.75 Å². The van der Waals surface area contributed by atoms with E-state index in [2.05, 4.69) is 44.6 Å². The fraction of sp³-hybridized carbons (Fsp3) is 0.320. The molecule has 1 aliphatic rings. The van der Waals surface area contributed by atoms with Crippen LogP contribution in [0.25, 0.3) is 0 Å². The first-order valence-corrected chi connectivity index (χ1v) is 11.1. The Morgan fingerprint density at radius 2 is 1.61 bits per heavy atom. The minimum atomic E-state index is -0.126. The predicted octanol–water partition coefficient (Wildman–Crippen LogP) is 4.51. The Kier molecular flexibility index (Phi) is 6.63. The molecule has 2 N–H and O–H groups in total. The maximum Gasteiger partial charge on any atom is 0.322 e. The summed E-state index contributed by atoms with van der Waals surface area (Å²) in [6.07, 6.45) is 0. The summed E-state index contributed by atoms with van der Waals surface area (Å²) in [6, 6.07) is 15.8. The van der Waals surface area contributed by atoms with Gasteiger partial charge in [-0.25, -0.2) is 14.8 Å². The highest BCUT2D eigenvalue weighted by Gasteiger charge is 2.23. The van der Waals surface area contributed by atoms with Gasteiger partial charge in [-0.2, -0.15) is 0 Å². The van der Waals surface area contributed by atoms with Crippen LogP contribution in [0.3, 0.4) is 0 Å². The fourth-order valence-corrected chi connectivity index (χ4v) is 3.82. The van der Waals surface area contributed by atoms with Crippen LogP contribution < -0.4 is 20.3 Å². The summed E-state index contributed by atoms with van der Waals surface area (Å²) >= 11 is 0. The minimum absolute atomic E-state index is 0.126. The number of piperazine rings is 1. The molecule has 0 bridgehead atoms. The van der Waals surface area contributed by atoms with Crippen molar-refractivity contribution < 1.29 is 9.53 Å². The number of urea groups is 1. The molecule has 0 spiro atoms. The number of ether oxygens (including phenoxy) is 1. The molecular formula is C25H30N6O2. The van der Waals surface area contributed by atoms with E-state index in [1.165, 1.54) is 5.56 Å². The first-order valence-electron chi connectivity index (χ1n) is 11.1. The molecule has 2 aromatic carbocycles. The highest BCUT2D eigenvalue weighted by molar-refractivity contribution is 5.91. The molecule has 0 unspecified atom stereocenters. The number of rotatable bonds is 5. The van der Waals surface area contributed by atoms with Gasteiger partial charge in [0.05, 0.1) is 12.8 Å². The van der Waals surface area contributed by atoms with Crippen LogP contribution in [0, 0.1) is 20.8 Å². The lowest BCUT2D eigenvalue weighted by Crippen LogP contribution is -2.50. The number of hydrogen-bond donors (Lipinski definition) is 2.